The number of cyclic esters (lactones) is 1. The minimum atomic E-state index is -0.978. The minimum Gasteiger partial charge on any atom is -0.507 e. The molecule has 0 spiro atoms. The van der Waals surface area contributed by atoms with Crippen LogP contribution in [0.2, 0.25) is 0 Å². The molecule has 0 amide bonds. The lowest BCUT2D eigenvalue weighted by Crippen LogP contribution is -2.28. The van der Waals surface area contributed by atoms with Gasteiger partial charge >= 0.3 is 5.97 Å². The average molecular weight is 362 g/mol. The number of benzene rings is 1. The van der Waals surface area contributed by atoms with Gasteiger partial charge < -0.3 is 20.1 Å². The Kier molecular flexibility index (Phi) is 7.23. The van der Waals surface area contributed by atoms with Gasteiger partial charge in [0.2, 0.25) is 0 Å². The molecule has 1 aromatic carbocycles. The van der Waals surface area contributed by atoms with E-state index in [0.717, 1.165) is 30.4 Å². The number of aromatic hydroxyl groups is 1. The maximum atomic E-state index is 12.2. The first-order valence-corrected chi connectivity index (χ1v) is 9.40. The highest BCUT2D eigenvalue weighted by Crippen LogP contribution is 2.41. The fraction of sp³-hybridized carbons (Fsp3) is 0.571. The molecule has 0 bridgehead atoms. The first-order chi connectivity index (χ1) is 12.3. The molecule has 1 heterocycles. The molecular formula is C21H30O5. The van der Waals surface area contributed by atoms with Gasteiger partial charge in [-0.3, -0.25) is 0 Å². The number of carbonyl (C=O) groups excluding carboxylic acids is 1. The molecule has 0 aromatic heterocycles. The van der Waals surface area contributed by atoms with Crippen LogP contribution in [0, 0.1) is 0 Å². The summed E-state index contributed by atoms with van der Waals surface area (Å²) in [4.78, 5) is 12.2. The van der Waals surface area contributed by atoms with E-state index in [9.17, 15) is 20.1 Å². The third-order valence-corrected chi connectivity index (χ3v) is 4.82. The first kappa shape index (κ1) is 20.5. The zero-order chi connectivity index (χ0) is 19.3. The molecule has 144 valence electrons. The van der Waals surface area contributed by atoms with Crippen LogP contribution in [0.15, 0.2) is 23.8 Å². The van der Waals surface area contributed by atoms with Crippen LogP contribution in [0.5, 0.6) is 5.75 Å². The van der Waals surface area contributed by atoms with E-state index in [0.29, 0.717) is 18.4 Å². The zero-order valence-corrected chi connectivity index (χ0v) is 15.9. The molecule has 0 radical (unpaired) electrons. The van der Waals surface area contributed by atoms with Crippen molar-refractivity contribution in [1.29, 1.82) is 0 Å². The van der Waals surface area contributed by atoms with Crippen molar-refractivity contribution in [2.24, 2.45) is 0 Å². The summed E-state index contributed by atoms with van der Waals surface area (Å²) in [5.74, 6) is -0.680. The smallest absolute Gasteiger partial charge is 0.342 e. The van der Waals surface area contributed by atoms with Gasteiger partial charge in [0.25, 0.3) is 0 Å². The van der Waals surface area contributed by atoms with Crippen molar-refractivity contribution >= 4 is 5.97 Å². The third kappa shape index (κ3) is 4.86. The topological polar surface area (TPSA) is 87.0 Å². The van der Waals surface area contributed by atoms with Crippen molar-refractivity contribution in [2.45, 2.75) is 77.6 Å². The second kappa shape index (κ2) is 9.19. The van der Waals surface area contributed by atoms with Gasteiger partial charge in [0.15, 0.2) is 0 Å². The molecule has 0 aliphatic carbocycles. The summed E-state index contributed by atoms with van der Waals surface area (Å²) in [7, 11) is 0. The van der Waals surface area contributed by atoms with Gasteiger partial charge in [0, 0.05) is 12.0 Å². The molecule has 1 aliphatic rings. The standard InChI is InChI=1S/C21H30O5/c1-4-5-6-7-15(22)17(24)12-18-19-14(9-8-13(2)3)10-11-16(23)20(19)21(25)26-18/h8,10-11,15,17-18,22-24H,4-7,9,12H2,1-3H3/t15-,17-,18+/m0/s1. The number of aliphatic hydroxyl groups excluding tert-OH is 2. The van der Waals surface area contributed by atoms with Crippen LogP contribution in [0.1, 0.15) is 80.5 Å². The van der Waals surface area contributed by atoms with Gasteiger partial charge in [-0.05, 0) is 38.3 Å². The van der Waals surface area contributed by atoms with Crippen LogP contribution in [0.3, 0.4) is 0 Å². The molecule has 5 nitrogen and oxygen atoms in total. The number of carbonyl (C=O) groups is 1. The summed E-state index contributed by atoms with van der Waals surface area (Å²) in [6, 6.07) is 3.29. The maximum absolute atomic E-state index is 12.2. The van der Waals surface area contributed by atoms with Gasteiger partial charge in [0.05, 0.1) is 12.2 Å². The zero-order valence-electron chi connectivity index (χ0n) is 15.9. The van der Waals surface area contributed by atoms with E-state index in [1.165, 1.54) is 6.07 Å². The quantitative estimate of drug-likeness (QED) is 0.353. The van der Waals surface area contributed by atoms with Crippen molar-refractivity contribution < 1.29 is 24.9 Å². The predicted octanol–water partition coefficient (Wildman–Crippen LogP) is 3.80. The summed E-state index contributed by atoms with van der Waals surface area (Å²) >= 11 is 0. The van der Waals surface area contributed by atoms with E-state index in [1.807, 2.05) is 19.9 Å². The Morgan fingerprint density at radius 3 is 2.62 bits per heavy atom. The van der Waals surface area contributed by atoms with Gasteiger partial charge in [-0.2, -0.15) is 0 Å². The van der Waals surface area contributed by atoms with Crippen molar-refractivity contribution in [3.8, 4) is 5.75 Å². The summed E-state index contributed by atoms with van der Waals surface area (Å²) in [6.45, 7) is 6.07. The number of rotatable bonds is 9. The first-order valence-electron chi connectivity index (χ1n) is 9.40. The van der Waals surface area contributed by atoms with Gasteiger partial charge in [-0.15, -0.1) is 0 Å². The average Bonchev–Trinajstić information content (AvgIpc) is 2.91. The number of hydrogen-bond donors (Lipinski definition) is 3. The van der Waals surface area contributed by atoms with Crippen LogP contribution in [-0.4, -0.2) is 33.5 Å². The van der Waals surface area contributed by atoms with Crippen LogP contribution >= 0.6 is 0 Å². The van der Waals surface area contributed by atoms with Crippen molar-refractivity contribution in [1.82, 2.24) is 0 Å². The predicted molar refractivity (Wildman–Crippen MR) is 100 cm³/mol. The molecule has 0 saturated heterocycles. The highest BCUT2D eigenvalue weighted by molar-refractivity contribution is 5.97. The Morgan fingerprint density at radius 2 is 1.96 bits per heavy atom. The normalized spacial score (nSPS) is 18.2. The van der Waals surface area contributed by atoms with E-state index < -0.39 is 24.3 Å². The van der Waals surface area contributed by atoms with Gasteiger partial charge in [-0.1, -0.05) is 43.9 Å². The second-order valence-corrected chi connectivity index (χ2v) is 7.28. The fourth-order valence-corrected chi connectivity index (χ4v) is 3.31. The van der Waals surface area contributed by atoms with Crippen LogP contribution in [0.25, 0.3) is 0 Å². The Labute approximate surface area is 155 Å². The molecule has 3 atom stereocenters. The fourth-order valence-electron chi connectivity index (χ4n) is 3.31. The molecule has 2 rings (SSSR count). The number of allylic oxidation sites excluding steroid dienone is 2. The third-order valence-electron chi connectivity index (χ3n) is 4.82. The molecule has 1 aromatic rings. The van der Waals surface area contributed by atoms with E-state index in [1.54, 1.807) is 6.07 Å². The molecule has 26 heavy (non-hydrogen) atoms. The van der Waals surface area contributed by atoms with Crippen LogP contribution in [-0.2, 0) is 11.2 Å². The highest BCUT2D eigenvalue weighted by atomic mass is 16.6. The van der Waals surface area contributed by atoms with Crippen LogP contribution in [0.4, 0.5) is 0 Å². The molecule has 0 fully saturated rings. The lowest BCUT2D eigenvalue weighted by atomic mass is 9.91. The molecule has 1 aliphatic heterocycles. The number of aliphatic hydroxyl groups is 2. The molecule has 5 heteroatoms. The Morgan fingerprint density at radius 1 is 1.23 bits per heavy atom. The molecule has 0 unspecified atom stereocenters. The summed E-state index contributed by atoms with van der Waals surface area (Å²) in [5, 5.41) is 30.6. The van der Waals surface area contributed by atoms with E-state index in [4.69, 9.17) is 4.74 Å². The lowest BCUT2D eigenvalue weighted by Gasteiger charge is -2.22. The van der Waals surface area contributed by atoms with E-state index in [2.05, 4.69) is 6.92 Å². The molecular weight excluding hydrogens is 332 g/mol. The van der Waals surface area contributed by atoms with Crippen molar-refractivity contribution in [2.75, 3.05) is 0 Å². The van der Waals surface area contributed by atoms with E-state index >= 15 is 0 Å². The SMILES string of the molecule is CCCCC[C@H](O)[C@@H](O)C[C@H]1OC(=O)c2c(O)ccc(CC=C(C)C)c21. The van der Waals surface area contributed by atoms with Crippen molar-refractivity contribution in [3.63, 3.8) is 0 Å². The number of hydrogen-bond acceptors (Lipinski definition) is 5. The molecule has 0 saturated carbocycles. The van der Waals surface area contributed by atoms with Crippen molar-refractivity contribution in [3.05, 3.63) is 40.5 Å². The number of unbranched alkanes of at least 4 members (excludes halogenated alkanes) is 2. The number of phenolic OH excluding ortho intramolecular Hbond substituents is 1. The number of ether oxygens (including phenoxy) is 1. The summed E-state index contributed by atoms with van der Waals surface area (Å²) < 4.78 is 5.42. The van der Waals surface area contributed by atoms with E-state index in [-0.39, 0.29) is 17.7 Å². The van der Waals surface area contributed by atoms with Crippen LogP contribution < -0.4 is 0 Å². The Balaban J connectivity index is 2.20. The Hall–Kier alpha value is -1.85. The second-order valence-electron chi connectivity index (χ2n) is 7.28. The Bertz CT molecular complexity index is 661. The molecule has 3 N–H and O–H groups in total. The monoisotopic (exact) mass is 362 g/mol. The minimum absolute atomic E-state index is 0.105. The number of esters is 1. The maximum Gasteiger partial charge on any atom is 0.342 e. The largest absolute Gasteiger partial charge is 0.507 e. The number of phenols is 1. The number of fused-ring (bicyclic) bond motifs is 1. The lowest BCUT2D eigenvalue weighted by molar-refractivity contribution is -0.0233. The summed E-state index contributed by atoms with van der Waals surface area (Å²) in [5.41, 5.74) is 2.86. The van der Waals surface area contributed by atoms with Gasteiger partial charge in [0.1, 0.15) is 17.4 Å². The van der Waals surface area contributed by atoms with Gasteiger partial charge in [-0.25, -0.2) is 4.79 Å². The highest BCUT2D eigenvalue weighted by Gasteiger charge is 2.37. The summed E-state index contributed by atoms with van der Waals surface area (Å²) in [6.07, 6.45) is 3.73.